The number of hydrogen-bond acceptors (Lipinski definition) is 6. The molecule has 123 valence electrons. The Hall–Kier alpha value is -1.79. The minimum absolute atomic E-state index is 0.438. The van der Waals surface area contributed by atoms with Gasteiger partial charge in [0.25, 0.3) is 0 Å². The number of anilines is 4. The number of nitrogens with two attached hydrogens (primary N) is 1. The standard InChI is InChI=1S/C17H24N5S/c1-3-13(2)21-8-10-22(11-9-21)15-6-4-14(5-7-15)19-17-20-16(18)12-23-17/h4-7,13H,3,8-11,18H2,1-2H3,(H,19,20). The number of aromatic nitrogens is 1. The summed E-state index contributed by atoms with van der Waals surface area (Å²) in [6.45, 7) is 9.05. The Morgan fingerprint density at radius 2 is 1.96 bits per heavy atom. The van der Waals surface area contributed by atoms with Gasteiger partial charge in [-0.1, -0.05) is 18.3 Å². The first-order valence-electron chi connectivity index (χ1n) is 8.15. The topological polar surface area (TPSA) is 57.4 Å². The van der Waals surface area contributed by atoms with Crippen LogP contribution in [-0.4, -0.2) is 42.1 Å². The number of thiazole rings is 1. The molecule has 0 spiro atoms. The van der Waals surface area contributed by atoms with Gasteiger partial charge in [0.2, 0.25) is 0 Å². The van der Waals surface area contributed by atoms with Gasteiger partial charge in [0.1, 0.15) is 5.82 Å². The molecule has 1 saturated heterocycles. The molecule has 3 N–H and O–H groups in total. The SMILES string of the molecule is CCC(C)N1CCN(c2ccc(Nc3nc(N)[c]s3)cc2)CC1. The molecule has 0 saturated carbocycles. The molecule has 1 unspecified atom stereocenters. The highest BCUT2D eigenvalue weighted by molar-refractivity contribution is 7.13. The summed E-state index contributed by atoms with van der Waals surface area (Å²) < 4.78 is 0. The van der Waals surface area contributed by atoms with Gasteiger partial charge in [-0.15, -0.1) is 0 Å². The van der Waals surface area contributed by atoms with Gasteiger partial charge in [0.15, 0.2) is 5.13 Å². The minimum Gasteiger partial charge on any atom is -0.382 e. The number of rotatable bonds is 5. The van der Waals surface area contributed by atoms with Crippen molar-refractivity contribution in [3.05, 3.63) is 29.6 Å². The first-order chi connectivity index (χ1) is 11.2. The van der Waals surface area contributed by atoms with E-state index in [4.69, 9.17) is 5.73 Å². The lowest BCUT2D eigenvalue weighted by Crippen LogP contribution is -2.49. The second-order valence-corrected chi connectivity index (χ2v) is 6.75. The Bertz CT molecular complexity index is 616. The van der Waals surface area contributed by atoms with Gasteiger partial charge in [0.05, 0.1) is 5.38 Å². The van der Waals surface area contributed by atoms with Crippen LogP contribution < -0.4 is 16.0 Å². The third-order valence-corrected chi connectivity index (χ3v) is 5.18. The Morgan fingerprint density at radius 3 is 2.52 bits per heavy atom. The summed E-state index contributed by atoms with van der Waals surface area (Å²) in [5.41, 5.74) is 7.89. The molecule has 1 aliphatic heterocycles. The third-order valence-electron chi connectivity index (χ3n) is 4.49. The predicted octanol–water partition coefficient (Wildman–Crippen LogP) is 3.19. The predicted molar refractivity (Wildman–Crippen MR) is 98.6 cm³/mol. The van der Waals surface area contributed by atoms with Crippen LogP contribution in [0.4, 0.5) is 22.3 Å². The number of nitrogen functional groups attached to an aromatic ring is 1. The van der Waals surface area contributed by atoms with E-state index in [1.54, 1.807) is 0 Å². The van der Waals surface area contributed by atoms with E-state index in [1.807, 2.05) is 0 Å². The molecule has 2 heterocycles. The summed E-state index contributed by atoms with van der Waals surface area (Å²) in [7, 11) is 0. The normalized spacial score (nSPS) is 17.2. The smallest absolute Gasteiger partial charge is 0.189 e. The second kappa shape index (κ2) is 7.19. The fraction of sp³-hybridized carbons (Fsp3) is 0.471. The van der Waals surface area contributed by atoms with Crippen molar-refractivity contribution in [1.29, 1.82) is 0 Å². The Labute approximate surface area is 142 Å². The molecular formula is C17H24N5S. The van der Waals surface area contributed by atoms with E-state index in [1.165, 1.54) is 23.4 Å². The van der Waals surface area contributed by atoms with Crippen LogP contribution in [0.15, 0.2) is 24.3 Å². The molecule has 1 aromatic carbocycles. The zero-order valence-corrected chi connectivity index (χ0v) is 14.6. The van der Waals surface area contributed by atoms with Crippen LogP contribution in [0.25, 0.3) is 0 Å². The van der Waals surface area contributed by atoms with Crippen LogP contribution in [0, 0.1) is 5.38 Å². The van der Waals surface area contributed by atoms with Gasteiger partial charge < -0.3 is 16.0 Å². The zero-order valence-electron chi connectivity index (χ0n) is 13.7. The lowest BCUT2D eigenvalue weighted by atomic mass is 10.1. The van der Waals surface area contributed by atoms with Crippen molar-refractivity contribution in [3.8, 4) is 0 Å². The lowest BCUT2D eigenvalue weighted by molar-refractivity contribution is 0.193. The summed E-state index contributed by atoms with van der Waals surface area (Å²) >= 11 is 1.39. The Balaban J connectivity index is 1.57. The number of nitrogens with zero attached hydrogens (tertiary/aromatic N) is 3. The molecule has 0 amide bonds. The zero-order chi connectivity index (χ0) is 16.2. The van der Waals surface area contributed by atoms with Crippen LogP contribution in [0.3, 0.4) is 0 Å². The van der Waals surface area contributed by atoms with E-state index in [0.717, 1.165) is 37.0 Å². The fourth-order valence-electron chi connectivity index (χ4n) is 2.87. The first-order valence-corrected chi connectivity index (χ1v) is 8.97. The highest BCUT2D eigenvalue weighted by atomic mass is 32.1. The van der Waals surface area contributed by atoms with Crippen molar-refractivity contribution in [2.45, 2.75) is 26.3 Å². The van der Waals surface area contributed by atoms with Gasteiger partial charge >= 0.3 is 0 Å². The van der Waals surface area contributed by atoms with E-state index < -0.39 is 0 Å². The molecule has 1 atom stereocenters. The van der Waals surface area contributed by atoms with E-state index in [2.05, 4.69) is 63.6 Å². The highest BCUT2D eigenvalue weighted by Gasteiger charge is 2.20. The van der Waals surface area contributed by atoms with Gasteiger partial charge in [-0.25, -0.2) is 4.98 Å². The largest absolute Gasteiger partial charge is 0.382 e. The average Bonchev–Trinajstić information content (AvgIpc) is 3.00. The van der Waals surface area contributed by atoms with Crippen LogP contribution >= 0.6 is 11.3 Å². The Kier molecular flexibility index (Phi) is 5.03. The van der Waals surface area contributed by atoms with Crippen LogP contribution in [0.1, 0.15) is 20.3 Å². The summed E-state index contributed by atoms with van der Waals surface area (Å²) in [6, 6.07) is 9.21. The third kappa shape index (κ3) is 3.95. The number of nitrogens with one attached hydrogen (secondary N) is 1. The van der Waals surface area contributed by atoms with Gasteiger partial charge in [-0.2, -0.15) is 0 Å². The van der Waals surface area contributed by atoms with Gasteiger partial charge in [-0.05, 0) is 37.6 Å². The molecule has 23 heavy (non-hydrogen) atoms. The van der Waals surface area contributed by atoms with Crippen molar-refractivity contribution < 1.29 is 0 Å². The molecule has 2 aromatic rings. The molecule has 3 rings (SSSR count). The molecule has 1 aliphatic rings. The summed E-state index contributed by atoms with van der Waals surface area (Å²) in [6.07, 6.45) is 1.22. The molecule has 6 heteroatoms. The van der Waals surface area contributed by atoms with Gasteiger partial charge in [-0.3, -0.25) is 4.90 Å². The van der Waals surface area contributed by atoms with E-state index in [-0.39, 0.29) is 0 Å². The summed E-state index contributed by atoms with van der Waals surface area (Å²) in [4.78, 5) is 9.20. The van der Waals surface area contributed by atoms with Crippen molar-refractivity contribution in [1.82, 2.24) is 9.88 Å². The first kappa shape index (κ1) is 16.1. The molecule has 0 bridgehead atoms. The van der Waals surface area contributed by atoms with Crippen molar-refractivity contribution in [2.24, 2.45) is 0 Å². The lowest BCUT2D eigenvalue weighted by Gasteiger charge is -2.39. The summed E-state index contributed by atoms with van der Waals surface area (Å²) in [5.74, 6) is 0.438. The monoisotopic (exact) mass is 330 g/mol. The average molecular weight is 330 g/mol. The van der Waals surface area contributed by atoms with Crippen molar-refractivity contribution >= 4 is 33.7 Å². The molecule has 5 nitrogen and oxygen atoms in total. The summed E-state index contributed by atoms with van der Waals surface area (Å²) in [5, 5.41) is 6.93. The molecule has 1 fully saturated rings. The van der Waals surface area contributed by atoms with E-state index >= 15 is 0 Å². The second-order valence-electron chi connectivity index (χ2n) is 5.96. The fourth-order valence-corrected chi connectivity index (χ4v) is 3.43. The maximum atomic E-state index is 5.59. The van der Waals surface area contributed by atoms with E-state index in [9.17, 15) is 0 Å². The Morgan fingerprint density at radius 1 is 1.26 bits per heavy atom. The molecule has 1 radical (unpaired) electrons. The quantitative estimate of drug-likeness (QED) is 0.882. The van der Waals surface area contributed by atoms with Crippen LogP contribution in [0.5, 0.6) is 0 Å². The molecule has 1 aromatic heterocycles. The maximum absolute atomic E-state index is 5.59. The number of hydrogen-bond donors (Lipinski definition) is 2. The molecular weight excluding hydrogens is 306 g/mol. The highest BCUT2D eigenvalue weighted by Crippen LogP contribution is 2.24. The molecule has 0 aliphatic carbocycles. The maximum Gasteiger partial charge on any atom is 0.189 e. The van der Waals surface area contributed by atoms with E-state index in [0.29, 0.717) is 11.9 Å². The van der Waals surface area contributed by atoms with Crippen molar-refractivity contribution in [2.75, 3.05) is 42.1 Å². The van der Waals surface area contributed by atoms with Crippen molar-refractivity contribution in [3.63, 3.8) is 0 Å². The van der Waals surface area contributed by atoms with Gasteiger partial charge in [0, 0.05) is 43.6 Å². The van der Waals surface area contributed by atoms with Crippen LogP contribution in [-0.2, 0) is 0 Å². The minimum atomic E-state index is 0.438. The number of piperazine rings is 1. The number of benzene rings is 1. The van der Waals surface area contributed by atoms with Crippen LogP contribution in [0.2, 0.25) is 0 Å².